The number of nitrogens with one attached hydrogen (secondary N) is 1. The van der Waals surface area contributed by atoms with Gasteiger partial charge in [-0.1, -0.05) is 62.4 Å². The zero-order valence-corrected chi connectivity index (χ0v) is 12.5. The summed E-state index contributed by atoms with van der Waals surface area (Å²) in [5.74, 6) is 1.06. The van der Waals surface area contributed by atoms with E-state index in [-0.39, 0.29) is 11.8 Å². The smallest absolute Gasteiger partial charge is 0.228 e. The molecule has 0 bridgehead atoms. The third-order valence-electron chi connectivity index (χ3n) is 4.20. The Hall–Kier alpha value is -2.09. The Kier molecular flexibility index (Phi) is 3.78. The number of rotatable bonds is 4. The van der Waals surface area contributed by atoms with Crippen molar-refractivity contribution in [3.63, 3.8) is 0 Å². The van der Waals surface area contributed by atoms with E-state index >= 15 is 0 Å². The Morgan fingerprint density at radius 1 is 1.05 bits per heavy atom. The summed E-state index contributed by atoms with van der Waals surface area (Å²) < 4.78 is 0. The second-order valence-corrected chi connectivity index (χ2v) is 6.09. The first-order chi connectivity index (χ1) is 10.2. The molecule has 0 saturated heterocycles. The second kappa shape index (κ2) is 5.72. The zero-order chi connectivity index (χ0) is 14.8. The van der Waals surface area contributed by atoms with Crippen molar-refractivity contribution < 1.29 is 4.79 Å². The summed E-state index contributed by atoms with van der Waals surface area (Å²) in [7, 11) is 0. The Morgan fingerprint density at radius 2 is 1.71 bits per heavy atom. The van der Waals surface area contributed by atoms with Crippen molar-refractivity contribution in [2.45, 2.75) is 32.1 Å². The Labute approximate surface area is 126 Å². The summed E-state index contributed by atoms with van der Waals surface area (Å²) in [6, 6.07) is 18.4. The van der Waals surface area contributed by atoms with Crippen molar-refractivity contribution in [3.05, 3.63) is 65.7 Å². The molecule has 1 amide bonds. The van der Waals surface area contributed by atoms with Gasteiger partial charge in [0.1, 0.15) is 0 Å². The van der Waals surface area contributed by atoms with Gasteiger partial charge in [-0.25, -0.2) is 0 Å². The van der Waals surface area contributed by atoms with E-state index in [0.717, 1.165) is 12.1 Å². The molecule has 2 aromatic rings. The minimum absolute atomic E-state index is 0.118. The van der Waals surface area contributed by atoms with Crippen LogP contribution in [0.5, 0.6) is 0 Å². The molecule has 21 heavy (non-hydrogen) atoms. The first-order valence-electron chi connectivity index (χ1n) is 7.61. The number of hydrogen-bond donors (Lipinski definition) is 1. The molecule has 2 atom stereocenters. The molecule has 1 aliphatic rings. The molecule has 0 unspecified atom stereocenters. The fourth-order valence-corrected chi connectivity index (χ4v) is 2.89. The van der Waals surface area contributed by atoms with Crippen molar-refractivity contribution in [1.82, 2.24) is 0 Å². The van der Waals surface area contributed by atoms with Crippen molar-refractivity contribution in [1.29, 1.82) is 0 Å². The summed E-state index contributed by atoms with van der Waals surface area (Å²) in [6.45, 7) is 4.30. The van der Waals surface area contributed by atoms with Gasteiger partial charge in [0.2, 0.25) is 5.91 Å². The van der Waals surface area contributed by atoms with Crippen LogP contribution in [0.25, 0.3) is 0 Å². The maximum absolute atomic E-state index is 12.4. The van der Waals surface area contributed by atoms with Gasteiger partial charge in [0, 0.05) is 11.6 Å². The average molecular weight is 279 g/mol. The number of benzene rings is 2. The van der Waals surface area contributed by atoms with Gasteiger partial charge >= 0.3 is 0 Å². The van der Waals surface area contributed by atoms with E-state index < -0.39 is 0 Å². The molecule has 1 saturated carbocycles. The topological polar surface area (TPSA) is 29.1 Å². The lowest BCUT2D eigenvalue weighted by molar-refractivity contribution is -0.117. The van der Waals surface area contributed by atoms with Crippen LogP contribution in [0.1, 0.15) is 43.2 Å². The third-order valence-corrected chi connectivity index (χ3v) is 4.20. The number of para-hydroxylation sites is 1. The molecular formula is C19H21NO. The number of anilines is 1. The first kappa shape index (κ1) is 13.9. The Bertz CT molecular complexity index is 633. The zero-order valence-electron chi connectivity index (χ0n) is 12.5. The SMILES string of the molecule is CC(C)c1ccccc1NC(=O)[C@H]1C[C@@H]1c1ccccc1. The number of amides is 1. The summed E-state index contributed by atoms with van der Waals surface area (Å²) in [4.78, 5) is 12.4. The minimum atomic E-state index is 0.118. The monoisotopic (exact) mass is 279 g/mol. The first-order valence-corrected chi connectivity index (χ1v) is 7.61. The van der Waals surface area contributed by atoms with Crippen LogP contribution >= 0.6 is 0 Å². The van der Waals surface area contributed by atoms with Crippen LogP contribution < -0.4 is 5.32 Å². The highest BCUT2D eigenvalue weighted by atomic mass is 16.2. The van der Waals surface area contributed by atoms with Crippen LogP contribution in [0.4, 0.5) is 5.69 Å². The van der Waals surface area contributed by atoms with Gasteiger partial charge in [-0.3, -0.25) is 4.79 Å². The van der Waals surface area contributed by atoms with E-state index in [1.54, 1.807) is 0 Å². The molecule has 0 radical (unpaired) electrons. The van der Waals surface area contributed by atoms with Gasteiger partial charge in [-0.15, -0.1) is 0 Å². The van der Waals surface area contributed by atoms with Crippen LogP contribution in [-0.4, -0.2) is 5.91 Å². The van der Waals surface area contributed by atoms with Crippen LogP contribution in [0.2, 0.25) is 0 Å². The fraction of sp³-hybridized carbons (Fsp3) is 0.316. The lowest BCUT2D eigenvalue weighted by Crippen LogP contribution is -2.16. The summed E-state index contributed by atoms with van der Waals surface area (Å²) in [6.07, 6.45) is 0.958. The van der Waals surface area contributed by atoms with Gasteiger partial charge in [0.05, 0.1) is 0 Å². The molecule has 1 N–H and O–H groups in total. The maximum Gasteiger partial charge on any atom is 0.228 e. The molecule has 0 spiro atoms. The molecule has 0 aliphatic heterocycles. The van der Waals surface area contributed by atoms with Gasteiger partial charge in [0.25, 0.3) is 0 Å². The summed E-state index contributed by atoms with van der Waals surface area (Å²) in [5.41, 5.74) is 3.42. The highest BCUT2D eigenvalue weighted by Crippen LogP contribution is 2.48. The van der Waals surface area contributed by atoms with Gasteiger partial charge in [-0.2, -0.15) is 0 Å². The fourth-order valence-electron chi connectivity index (χ4n) is 2.89. The molecular weight excluding hydrogens is 258 g/mol. The lowest BCUT2D eigenvalue weighted by atomic mass is 10.0. The average Bonchev–Trinajstić information content (AvgIpc) is 3.29. The van der Waals surface area contributed by atoms with Crippen LogP contribution in [0, 0.1) is 5.92 Å². The molecule has 1 fully saturated rings. The van der Waals surface area contributed by atoms with E-state index in [0.29, 0.717) is 11.8 Å². The molecule has 2 heteroatoms. The number of carbonyl (C=O) groups is 1. The maximum atomic E-state index is 12.4. The summed E-state index contributed by atoms with van der Waals surface area (Å²) in [5, 5.41) is 3.11. The summed E-state index contributed by atoms with van der Waals surface area (Å²) >= 11 is 0. The van der Waals surface area contributed by atoms with Crippen LogP contribution in [0.15, 0.2) is 54.6 Å². The molecule has 0 heterocycles. The predicted octanol–water partition coefficient (Wildman–Crippen LogP) is 4.55. The highest BCUT2D eigenvalue weighted by Gasteiger charge is 2.43. The van der Waals surface area contributed by atoms with E-state index in [1.807, 2.05) is 36.4 Å². The van der Waals surface area contributed by atoms with Crippen LogP contribution in [0.3, 0.4) is 0 Å². The lowest BCUT2D eigenvalue weighted by Gasteiger charge is -2.13. The van der Waals surface area contributed by atoms with Crippen molar-refractivity contribution >= 4 is 11.6 Å². The van der Waals surface area contributed by atoms with Gasteiger partial charge < -0.3 is 5.32 Å². The Morgan fingerprint density at radius 3 is 2.43 bits per heavy atom. The Balaban J connectivity index is 1.69. The molecule has 2 aromatic carbocycles. The minimum Gasteiger partial charge on any atom is -0.326 e. The molecule has 108 valence electrons. The predicted molar refractivity (Wildman–Crippen MR) is 86.5 cm³/mol. The van der Waals surface area contributed by atoms with Gasteiger partial charge in [0.15, 0.2) is 0 Å². The molecule has 2 nitrogen and oxygen atoms in total. The van der Waals surface area contributed by atoms with E-state index in [4.69, 9.17) is 0 Å². The van der Waals surface area contributed by atoms with Crippen LogP contribution in [-0.2, 0) is 4.79 Å². The van der Waals surface area contributed by atoms with E-state index in [2.05, 4.69) is 37.4 Å². The van der Waals surface area contributed by atoms with E-state index in [1.165, 1.54) is 11.1 Å². The van der Waals surface area contributed by atoms with Crippen molar-refractivity contribution in [2.24, 2.45) is 5.92 Å². The largest absolute Gasteiger partial charge is 0.326 e. The number of carbonyl (C=O) groups excluding carboxylic acids is 1. The second-order valence-electron chi connectivity index (χ2n) is 6.09. The molecule has 0 aromatic heterocycles. The normalized spacial score (nSPS) is 20.3. The number of hydrogen-bond acceptors (Lipinski definition) is 1. The van der Waals surface area contributed by atoms with Crippen molar-refractivity contribution in [2.75, 3.05) is 5.32 Å². The highest BCUT2D eigenvalue weighted by molar-refractivity contribution is 5.95. The standard InChI is InChI=1S/C19H21NO/c1-13(2)15-10-6-7-11-18(15)20-19(21)17-12-16(17)14-8-4-3-5-9-14/h3-11,13,16-17H,12H2,1-2H3,(H,20,21)/t16-,17+/m1/s1. The third kappa shape index (κ3) is 2.99. The molecule has 3 rings (SSSR count). The molecule has 1 aliphatic carbocycles. The van der Waals surface area contributed by atoms with Gasteiger partial charge in [-0.05, 0) is 35.4 Å². The quantitative estimate of drug-likeness (QED) is 0.874. The van der Waals surface area contributed by atoms with E-state index in [9.17, 15) is 4.79 Å². The van der Waals surface area contributed by atoms with Crippen molar-refractivity contribution in [3.8, 4) is 0 Å².